The van der Waals surface area contributed by atoms with Gasteiger partial charge in [-0.2, -0.15) is 5.10 Å². The minimum Gasteiger partial charge on any atom is -0.297 e. The van der Waals surface area contributed by atoms with Crippen LogP contribution in [-0.4, -0.2) is 27.8 Å². The molecule has 0 atom stereocenters. The third-order valence-electron chi connectivity index (χ3n) is 3.10. The van der Waals surface area contributed by atoms with Gasteiger partial charge in [0.1, 0.15) is 0 Å². The maximum absolute atomic E-state index is 4.45. The number of hydrogen-bond acceptors (Lipinski definition) is 2. The van der Waals surface area contributed by atoms with Crippen molar-refractivity contribution in [3.8, 4) is 0 Å². The number of rotatable bonds is 2. The van der Waals surface area contributed by atoms with E-state index in [0.717, 1.165) is 22.6 Å². The average Bonchev–Trinajstić information content (AvgIpc) is 2.49. The first-order valence-corrected chi connectivity index (χ1v) is 6.35. The molecule has 0 bridgehead atoms. The molecule has 0 unspecified atom stereocenters. The summed E-state index contributed by atoms with van der Waals surface area (Å²) in [6.45, 7) is 5.75. The molecule has 1 aromatic rings. The van der Waals surface area contributed by atoms with Crippen LogP contribution in [0.25, 0.3) is 0 Å². The lowest BCUT2D eigenvalue weighted by atomic mass is 9.99. The molecule has 4 heteroatoms. The smallest absolute Gasteiger partial charge is 0.0906 e. The van der Waals surface area contributed by atoms with Crippen LogP contribution in [0.15, 0.2) is 10.7 Å². The lowest BCUT2D eigenvalue weighted by Gasteiger charge is -2.29. The van der Waals surface area contributed by atoms with Crippen molar-refractivity contribution < 1.29 is 0 Å². The van der Waals surface area contributed by atoms with E-state index in [2.05, 4.69) is 32.9 Å². The van der Waals surface area contributed by atoms with Crippen LogP contribution in [0.4, 0.5) is 0 Å². The van der Waals surface area contributed by atoms with Crippen molar-refractivity contribution in [1.29, 1.82) is 0 Å². The van der Waals surface area contributed by atoms with Crippen LogP contribution >= 0.6 is 15.9 Å². The minimum absolute atomic E-state index is 0.897. The molecule has 0 N–H and O–H groups in total. The van der Waals surface area contributed by atoms with Gasteiger partial charge in [-0.25, -0.2) is 0 Å². The van der Waals surface area contributed by atoms with Gasteiger partial charge in [0.05, 0.1) is 10.2 Å². The quantitative estimate of drug-likeness (QED) is 0.824. The number of aromatic nitrogens is 2. The van der Waals surface area contributed by atoms with E-state index in [0.29, 0.717) is 0 Å². The maximum Gasteiger partial charge on any atom is 0.0906 e. The highest BCUT2D eigenvalue weighted by Gasteiger charge is 2.17. The lowest BCUT2D eigenvalue weighted by molar-refractivity contribution is 0.183. The summed E-state index contributed by atoms with van der Waals surface area (Å²) in [6.07, 6.45) is 4.66. The van der Waals surface area contributed by atoms with Crippen molar-refractivity contribution in [2.24, 2.45) is 13.0 Å². The highest BCUT2D eigenvalue weighted by atomic mass is 79.9. The molecule has 2 rings (SSSR count). The summed E-state index contributed by atoms with van der Waals surface area (Å²) in [6, 6.07) is 0. The Balaban J connectivity index is 1.94. The fourth-order valence-electron chi connectivity index (χ4n) is 2.04. The predicted molar refractivity (Wildman–Crippen MR) is 64.6 cm³/mol. The molecule has 15 heavy (non-hydrogen) atoms. The molecule has 84 valence electrons. The molecule has 0 aliphatic carbocycles. The summed E-state index contributed by atoms with van der Waals surface area (Å²) in [5.41, 5.74) is 1.16. The Bertz CT molecular complexity index is 327. The Hall–Kier alpha value is -0.350. The lowest BCUT2D eigenvalue weighted by Crippen LogP contribution is -2.32. The zero-order valence-corrected chi connectivity index (χ0v) is 11.0. The van der Waals surface area contributed by atoms with Crippen molar-refractivity contribution in [2.75, 3.05) is 13.1 Å². The standard InChI is InChI=1S/C11H18BrN3/c1-9-3-5-15(6-4-9)8-11-10(12)7-14(2)13-11/h7,9H,3-6,8H2,1-2H3. The summed E-state index contributed by atoms with van der Waals surface area (Å²) >= 11 is 3.55. The maximum atomic E-state index is 4.45. The van der Waals surface area contributed by atoms with Crippen LogP contribution in [0.3, 0.4) is 0 Å². The molecule has 0 amide bonds. The zero-order chi connectivity index (χ0) is 10.8. The number of halogens is 1. The second-order valence-corrected chi connectivity index (χ2v) is 5.41. The van der Waals surface area contributed by atoms with E-state index in [1.54, 1.807) is 0 Å². The number of likely N-dealkylation sites (tertiary alicyclic amines) is 1. The van der Waals surface area contributed by atoms with Gasteiger partial charge in [0.2, 0.25) is 0 Å². The van der Waals surface area contributed by atoms with E-state index >= 15 is 0 Å². The Morgan fingerprint density at radius 2 is 2.13 bits per heavy atom. The second-order valence-electron chi connectivity index (χ2n) is 4.56. The summed E-state index contributed by atoms with van der Waals surface area (Å²) in [4.78, 5) is 2.49. The zero-order valence-electron chi connectivity index (χ0n) is 9.41. The fraction of sp³-hybridized carbons (Fsp3) is 0.727. The number of aryl methyl sites for hydroxylation is 1. The third-order valence-corrected chi connectivity index (χ3v) is 3.77. The molecule has 0 radical (unpaired) electrons. The molecule has 1 fully saturated rings. The van der Waals surface area contributed by atoms with Crippen molar-refractivity contribution in [3.05, 3.63) is 16.4 Å². The molecule has 2 heterocycles. The van der Waals surface area contributed by atoms with Crippen LogP contribution in [0.2, 0.25) is 0 Å². The van der Waals surface area contributed by atoms with Gasteiger partial charge in [-0.05, 0) is 47.8 Å². The van der Waals surface area contributed by atoms with E-state index in [1.807, 2.05) is 17.9 Å². The third kappa shape index (κ3) is 2.82. The van der Waals surface area contributed by atoms with Crippen molar-refractivity contribution in [2.45, 2.75) is 26.3 Å². The highest BCUT2D eigenvalue weighted by Crippen LogP contribution is 2.21. The number of hydrogen-bond donors (Lipinski definition) is 0. The molecule has 1 aromatic heterocycles. The van der Waals surface area contributed by atoms with Crippen LogP contribution in [0, 0.1) is 5.92 Å². The monoisotopic (exact) mass is 271 g/mol. The summed E-state index contributed by atoms with van der Waals surface area (Å²) in [5, 5.41) is 4.45. The Morgan fingerprint density at radius 3 is 2.67 bits per heavy atom. The Kier molecular flexibility index (Phi) is 3.46. The summed E-state index contributed by atoms with van der Waals surface area (Å²) in [5.74, 6) is 0.897. The van der Waals surface area contributed by atoms with Crippen molar-refractivity contribution in [1.82, 2.24) is 14.7 Å². The summed E-state index contributed by atoms with van der Waals surface area (Å²) < 4.78 is 3.00. The summed E-state index contributed by atoms with van der Waals surface area (Å²) in [7, 11) is 1.96. The topological polar surface area (TPSA) is 21.1 Å². The van der Waals surface area contributed by atoms with Gasteiger partial charge >= 0.3 is 0 Å². The molecular formula is C11H18BrN3. The van der Waals surface area contributed by atoms with Gasteiger partial charge in [-0.1, -0.05) is 6.92 Å². The molecule has 0 spiro atoms. The first kappa shape index (κ1) is 11.1. The van der Waals surface area contributed by atoms with Crippen molar-refractivity contribution >= 4 is 15.9 Å². The highest BCUT2D eigenvalue weighted by molar-refractivity contribution is 9.10. The van der Waals surface area contributed by atoms with Crippen LogP contribution < -0.4 is 0 Å². The SMILES string of the molecule is CC1CCN(Cc2nn(C)cc2Br)CC1. The molecule has 0 saturated carbocycles. The van der Waals surface area contributed by atoms with E-state index in [1.165, 1.54) is 25.9 Å². The van der Waals surface area contributed by atoms with Crippen molar-refractivity contribution in [3.63, 3.8) is 0 Å². The second kappa shape index (κ2) is 4.66. The van der Waals surface area contributed by atoms with Crippen LogP contribution in [0.1, 0.15) is 25.5 Å². The molecule has 0 aromatic carbocycles. The van der Waals surface area contributed by atoms with E-state index < -0.39 is 0 Å². The van der Waals surface area contributed by atoms with Gasteiger partial charge < -0.3 is 0 Å². The molecule has 1 aliphatic rings. The van der Waals surface area contributed by atoms with Crippen LogP contribution in [-0.2, 0) is 13.6 Å². The number of piperidine rings is 1. The van der Waals surface area contributed by atoms with Gasteiger partial charge in [0.25, 0.3) is 0 Å². The predicted octanol–water partition coefficient (Wildman–Crippen LogP) is 2.41. The van der Waals surface area contributed by atoms with Gasteiger partial charge in [0, 0.05) is 19.8 Å². The largest absolute Gasteiger partial charge is 0.297 e. The van der Waals surface area contributed by atoms with E-state index in [-0.39, 0.29) is 0 Å². The average molecular weight is 272 g/mol. The first-order chi connectivity index (χ1) is 7.15. The number of nitrogens with zero attached hydrogens (tertiary/aromatic N) is 3. The van der Waals surface area contributed by atoms with Crippen LogP contribution in [0.5, 0.6) is 0 Å². The molecule has 1 saturated heterocycles. The molecule has 1 aliphatic heterocycles. The minimum atomic E-state index is 0.897. The van der Waals surface area contributed by atoms with Gasteiger partial charge in [-0.3, -0.25) is 9.58 Å². The van der Waals surface area contributed by atoms with E-state index in [9.17, 15) is 0 Å². The Labute approximate surface area is 99.6 Å². The fourth-order valence-corrected chi connectivity index (χ4v) is 2.55. The molecular weight excluding hydrogens is 254 g/mol. The first-order valence-electron chi connectivity index (χ1n) is 5.55. The van der Waals surface area contributed by atoms with Gasteiger partial charge in [0.15, 0.2) is 0 Å². The Morgan fingerprint density at radius 1 is 1.47 bits per heavy atom. The normalized spacial score (nSPS) is 19.7. The van der Waals surface area contributed by atoms with Gasteiger partial charge in [-0.15, -0.1) is 0 Å². The van der Waals surface area contributed by atoms with E-state index in [4.69, 9.17) is 0 Å². The molecule has 3 nitrogen and oxygen atoms in total.